The molecule has 0 spiro atoms. The number of nitrogens with two attached hydrogens (primary N) is 1. The number of amides is 3. The second kappa shape index (κ2) is 16.8. The predicted molar refractivity (Wildman–Crippen MR) is 172 cm³/mol. The Morgan fingerprint density at radius 2 is 1.34 bits per heavy atom. The first-order chi connectivity index (χ1) is 21.4. The number of benzene rings is 3. The van der Waals surface area contributed by atoms with Gasteiger partial charge in [-0.25, -0.2) is 4.79 Å². The number of carbonyl (C=O) groups excluding carboxylic acids is 3. The summed E-state index contributed by atoms with van der Waals surface area (Å²) in [5, 5.41) is 2.53. The van der Waals surface area contributed by atoms with E-state index in [9.17, 15) is 14.4 Å². The van der Waals surface area contributed by atoms with E-state index in [0.717, 1.165) is 51.1 Å². The van der Waals surface area contributed by atoms with Gasteiger partial charge in [0.05, 0.1) is 20.8 Å². The number of hydrogen-bond acceptors (Lipinski definition) is 9. The maximum Gasteiger partial charge on any atom is 0.407 e. The van der Waals surface area contributed by atoms with E-state index in [1.807, 2.05) is 60.7 Å². The number of methoxy groups -OCH3 is 2. The third-order valence-corrected chi connectivity index (χ3v) is 9.16. The largest absolute Gasteiger partial charge is 0.497 e. The number of alkyl carbamates (subject to hydrolysis) is 1. The van der Waals surface area contributed by atoms with Crippen molar-refractivity contribution in [2.75, 3.05) is 51.9 Å². The molecule has 2 aliphatic heterocycles. The molecule has 0 aromatic heterocycles. The Morgan fingerprint density at radius 3 is 1.86 bits per heavy atom. The molecule has 10 nitrogen and oxygen atoms in total. The molecule has 0 fully saturated rings. The maximum absolute atomic E-state index is 12.5. The van der Waals surface area contributed by atoms with Gasteiger partial charge in [0.15, 0.2) is 0 Å². The first kappa shape index (κ1) is 33.0. The third-order valence-electron chi connectivity index (χ3n) is 6.97. The fraction of sp³-hybridized carbons (Fsp3) is 0.344. The summed E-state index contributed by atoms with van der Waals surface area (Å²) in [6.07, 6.45) is -0.599. The average Bonchev–Trinajstić information content (AvgIpc) is 3.42. The van der Waals surface area contributed by atoms with Crippen LogP contribution in [-0.2, 0) is 34.0 Å². The van der Waals surface area contributed by atoms with Crippen molar-refractivity contribution in [2.45, 2.75) is 29.5 Å². The van der Waals surface area contributed by atoms with E-state index in [1.54, 1.807) is 47.5 Å². The van der Waals surface area contributed by atoms with E-state index in [-0.39, 0.29) is 31.5 Å². The van der Waals surface area contributed by atoms with Gasteiger partial charge in [0.25, 0.3) is 0 Å². The molecule has 2 heterocycles. The monoisotopic (exact) mass is 638 g/mol. The minimum Gasteiger partial charge on any atom is -0.497 e. The van der Waals surface area contributed by atoms with Crippen LogP contribution in [0, 0.1) is 0 Å². The summed E-state index contributed by atoms with van der Waals surface area (Å²) in [7, 11) is 3.27. The van der Waals surface area contributed by atoms with Gasteiger partial charge in [-0.1, -0.05) is 30.3 Å². The van der Waals surface area contributed by atoms with Gasteiger partial charge in [0, 0.05) is 47.5 Å². The lowest BCUT2D eigenvalue weighted by Gasteiger charge is -2.21. The van der Waals surface area contributed by atoms with Crippen LogP contribution in [0.15, 0.2) is 76.5 Å². The smallest absolute Gasteiger partial charge is 0.407 e. The molecule has 0 radical (unpaired) electrons. The molecule has 0 saturated carbocycles. The molecule has 0 saturated heterocycles. The molecule has 12 heteroatoms. The molecule has 44 heavy (non-hydrogen) atoms. The number of fused-ring (bicyclic) bond motifs is 2. The molecule has 2 aliphatic rings. The number of thioether (sulfide) groups is 2. The van der Waals surface area contributed by atoms with Crippen molar-refractivity contribution < 1.29 is 28.6 Å². The summed E-state index contributed by atoms with van der Waals surface area (Å²) >= 11 is 3.49. The zero-order valence-electron chi connectivity index (χ0n) is 25.0. The van der Waals surface area contributed by atoms with Crippen LogP contribution in [0.1, 0.15) is 16.7 Å². The topological polar surface area (TPSA) is 123 Å². The van der Waals surface area contributed by atoms with Crippen molar-refractivity contribution in [2.24, 2.45) is 5.73 Å². The Labute approximate surface area is 266 Å². The first-order valence-electron chi connectivity index (χ1n) is 14.2. The summed E-state index contributed by atoms with van der Waals surface area (Å²) in [5.41, 5.74) is 8.49. The van der Waals surface area contributed by atoms with Gasteiger partial charge in [-0.15, -0.1) is 23.5 Å². The summed E-state index contributed by atoms with van der Waals surface area (Å²) < 4.78 is 15.6. The maximum atomic E-state index is 12.5. The van der Waals surface area contributed by atoms with E-state index >= 15 is 0 Å². The van der Waals surface area contributed by atoms with E-state index in [0.29, 0.717) is 19.6 Å². The van der Waals surface area contributed by atoms with Crippen molar-refractivity contribution in [3.8, 4) is 11.5 Å². The average molecular weight is 639 g/mol. The van der Waals surface area contributed by atoms with Crippen molar-refractivity contribution in [3.05, 3.63) is 83.4 Å². The highest BCUT2D eigenvalue weighted by molar-refractivity contribution is 7.99. The Bertz CT molecular complexity index is 1430. The van der Waals surface area contributed by atoms with E-state index < -0.39 is 6.09 Å². The molecule has 3 N–H and O–H groups in total. The van der Waals surface area contributed by atoms with Crippen LogP contribution in [0.4, 0.5) is 4.79 Å². The first-order valence-corrected chi connectivity index (χ1v) is 16.2. The van der Waals surface area contributed by atoms with E-state index in [1.165, 1.54) is 4.90 Å². The van der Waals surface area contributed by atoms with E-state index in [4.69, 9.17) is 19.9 Å². The lowest BCUT2D eigenvalue weighted by molar-refractivity contribution is -0.131. The Morgan fingerprint density at radius 1 is 0.795 bits per heavy atom. The summed E-state index contributed by atoms with van der Waals surface area (Å²) in [4.78, 5) is 41.9. The summed E-state index contributed by atoms with van der Waals surface area (Å²) in [5.74, 6) is 3.18. The molecule has 3 amide bonds. The Hall–Kier alpha value is -3.87. The quantitative estimate of drug-likeness (QED) is 0.393. The molecule has 0 unspecified atom stereocenters. The van der Waals surface area contributed by atoms with Crippen molar-refractivity contribution in [1.82, 2.24) is 15.1 Å². The lowest BCUT2D eigenvalue weighted by Crippen LogP contribution is -2.40. The second-order valence-electron chi connectivity index (χ2n) is 9.89. The summed E-state index contributed by atoms with van der Waals surface area (Å²) in [6, 6.07) is 21.3. The van der Waals surface area contributed by atoms with Gasteiger partial charge in [-0.05, 0) is 53.1 Å². The molecule has 3 aromatic carbocycles. The molecule has 0 atom stereocenters. The standard InChI is InChI=1S/C20H22N2O4S.C12H16N2O2S/c1-25-17-7-8-18-16(11-17)13-22(9-10-27-18)19(23)12-21-20(24)26-14-15-5-3-2-4-6-15;1-16-10-2-3-11-9(6-10)8-14(4-5-17-11)12(15)7-13/h2-8,11H,9-10,12-14H2,1H3,(H,21,24);2-3,6H,4-5,7-8,13H2,1H3. The third kappa shape index (κ3) is 9.57. The number of hydrogen-bond donors (Lipinski definition) is 2. The fourth-order valence-corrected chi connectivity index (χ4v) is 6.59. The van der Waals surface area contributed by atoms with E-state index in [2.05, 4.69) is 11.4 Å². The Balaban J connectivity index is 0.000000223. The number of ether oxygens (including phenoxy) is 3. The van der Waals surface area contributed by atoms with Gasteiger partial charge in [-0.3, -0.25) is 9.59 Å². The van der Waals surface area contributed by atoms with Gasteiger partial charge >= 0.3 is 6.09 Å². The SMILES string of the molecule is COc1ccc2c(c1)CN(C(=O)CN)CCS2.COc1ccc2c(c1)CN(C(=O)CNC(=O)OCc1ccccc1)CCS2. The lowest BCUT2D eigenvalue weighted by atomic mass is 10.2. The van der Waals surface area contributed by atoms with Gasteiger partial charge < -0.3 is 35.1 Å². The van der Waals surface area contributed by atoms with Crippen LogP contribution in [0.25, 0.3) is 0 Å². The van der Waals surface area contributed by atoms with Gasteiger partial charge in [-0.2, -0.15) is 0 Å². The normalized spacial score (nSPS) is 14.0. The Kier molecular flexibility index (Phi) is 12.6. The highest BCUT2D eigenvalue weighted by atomic mass is 32.2. The van der Waals surface area contributed by atoms with Crippen molar-refractivity contribution in [1.29, 1.82) is 0 Å². The van der Waals surface area contributed by atoms with Crippen molar-refractivity contribution >= 4 is 41.4 Å². The number of nitrogens with one attached hydrogen (secondary N) is 1. The van der Waals surface area contributed by atoms with Crippen LogP contribution in [-0.4, -0.2) is 79.6 Å². The molecule has 3 aromatic rings. The highest BCUT2D eigenvalue weighted by Gasteiger charge is 2.21. The number of carbonyl (C=O) groups is 3. The number of nitrogens with zero attached hydrogens (tertiary/aromatic N) is 2. The molecule has 234 valence electrons. The van der Waals surface area contributed by atoms with Crippen LogP contribution >= 0.6 is 23.5 Å². The zero-order chi connectivity index (χ0) is 31.3. The van der Waals surface area contributed by atoms with Gasteiger partial charge in [0.2, 0.25) is 11.8 Å². The van der Waals surface area contributed by atoms with Crippen LogP contribution < -0.4 is 20.5 Å². The number of rotatable bonds is 7. The minimum absolute atomic E-state index is 0.00118. The molecular formula is C32H38N4O6S2. The molecule has 0 aliphatic carbocycles. The zero-order valence-corrected chi connectivity index (χ0v) is 26.6. The van der Waals surface area contributed by atoms with Crippen molar-refractivity contribution in [3.63, 3.8) is 0 Å². The molecule has 0 bridgehead atoms. The predicted octanol–water partition coefficient (Wildman–Crippen LogP) is 4.14. The molecular weight excluding hydrogens is 601 g/mol. The van der Waals surface area contributed by atoms with Crippen LogP contribution in [0.3, 0.4) is 0 Å². The van der Waals surface area contributed by atoms with Crippen LogP contribution in [0.2, 0.25) is 0 Å². The molecule has 5 rings (SSSR count). The van der Waals surface area contributed by atoms with Gasteiger partial charge in [0.1, 0.15) is 24.7 Å². The fourth-order valence-electron chi connectivity index (χ4n) is 4.58. The minimum atomic E-state index is -0.599. The second-order valence-corrected chi connectivity index (χ2v) is 12.2. The highest BCUT2D eigenvalue weighted by Crippen LogP contribution is 2.31. The summed E-state index contributed by atoms with van der Waals surface area (Å²) in [6.45, 7) is 2.66. The van der Waals surface area contributed by atoms with Crippen LogP contribution in [0.5, 0.6) is 11.5 Å².